The van der Waals surface area contributed by atoms with Gasteiger partial charge in [0.15, 0.2) is 12.2 Å². The summed E-state index contributed by atoms with van der Waals surface area (Å²) in [6.07, 6.45) is 38.0. The van der Waals surface area contributed by atoms with Crippen molar-refractivity contribution in [2.75, 3.05) is 13.1 Å². The first-order valence-corrected chi connectivity index (χ1v) is 20.5. The second kappa shape index (κ2) is 36.7. The first-order valence-electron chi connectivity index (χ1n) is 20.5. The molecule has 0 aliphatic rings. The monoisotopic (exact) mass is 653 g/mol. The third-order valence-corrected chi connectivity index (χ3v) is 9.50. The van der Waals surface area contributed by atoms with E-state index in [1.807, 2.05) is 0 Å². The van der Waals surface area contributed by atoms with Crippen LogP contribution in [-0.4, -0.2) is 47.3 Å². The molecular formula is C40H80N2O4. The van der Waals surface area contributed by atoms with Crippen molar-refractivity contribution in [2.45, 2.75) is 232 Å². The lowest BCUT2D eigenvalue weighted by Gasteiger charge is -2.17. The van der Waals surface area contributed by atoms with Crippen molar-refractivity contribution < 1.29 is 19.8 Å². The summed E-state index contributed by atoms with van der Waals surface area (Å²) in [7, 11) is 0. The molecule has 0 aromatic carbocycles. The maximum absolute atomic E-state index is 12.2. The summed E-state index contributed by atoms with van der Waals surface area (Å²) in [5, 5.41) is 25.6. The molecule has 0 aromatic rings. The van der Waals surface area contributed by atoms with Gasteiger partial charge in [-0.05, 0) is 12.8 Å². The van der Waals surface area contributed by atoms with Gasteiger partial charge in [0.25, 0.3) is 11.8 Å². The molecule has 4 N–H and O–H groups in total. The van der Waals surface area contributed by atoms with Gasteiger partial charge in [0.05, 0.1) is 0 Å². The van der Waals surface area contributed by atoms with E-state index in [0.29, 0.717) is 13.1 Å². The van der Waals surface area contributed by atoms with E-state index in [1.165, 1.54) is 167 Å². The summed E-state index contributed by atoms with van der Waals surface area (Å²) < 4.78 is 0. The van der Waals surface area contributed by atoms with Crippen LogP contribution in [0.25, 0.3) is 0 Å². The molecule has 0 aliphatic carbocycles. The largest absolute Gasteiger partial charge is 0.380 e. The Morgan fingerprint density at radius 2 is 0.522 bits per heavy atom. The van der Waals surface area contributed by atoms with Crippen LogP contribution in [-0.2, 0) is 9.59 Å². The molecule has 2 amide bonds. The summed E-state index contributed by atoms with van der Waals surface area (Å²) in [6, 6.07) is 0. The Bertz CT molecular complexity index is 591. The van der Waals surface area contributed by atoms with Gasteiger partial charge >= 0.3 is 0 Å². The van der Waals surface area contributed by atoms with E-state index in [9.17, 15) is 19.8 Å². The second-order valence-corrected chi connectivity index (χ2v) is 14.1. The van der Waals surface area contributed by atoms with Crippen LogP contribution in [0.3, 0.4) is 0 Å². The molecule has 0 bridgehead atoms. The minimum atomic E-state index is -1.73. The number of hydrogen-bond acceptors (Lipinski definition) is 4. The molecule has 0 saturated heterocycles. The minimum Gasteiger partial charge on any atom is -0.380 e. The standard InChI is InChI=1S/C40H80N2O4/c1-3-5-7-9-11-13-15-17-19-21-23-25-27-29-31-33-35-41-39(45)37(43)38(44)40(46)42-36-34-32-30-28-26-24-22-20-18-16-14-12-10-8-6-4-2/h37-38,43-44H,3-36H2,1-2H3,(H,41,45)(H,42,46)/t37-,38-/m1/s1. The highest BCUT2D eigenvalue weighted by molar-refractivity contribution is 5.90. The van der Waals surface area contributed by atoms with Crippen LogP contribution in [0.2, 0.25) is 0 Å². The summed E-state index contributed by atoms with van der Waals surface area (Å²) >= 11 is 0. The zero-order valence-electron chi connectivity index (χ0n) is 30.9. The average molecular weight is 653 g/mol. The number of aliphatic hydroxyl groups is 2. The Hall–Kier alpha value is -1.14. The summed E-state index contributed by atoms with van der Waals surface area (Å²) in [5.74, 6) is -1.35. The minimum absolute atomic E-state index is 0.460. The van der Waals surface area contributed by atoms with Crippen LogP contribution in [0.5, 0.6) is 0 Å². The lowest BCUT2D eigenvalue weighted by Crippen LogP contribution is -2.49. The van der Waals surface area contributed by atoms with Gasteiger partial charge in [0.1, 0.15) is 0 Å². The van der Waals surface area contributed by atoms with Crippen LogP contribution in [0, 0.1) is 0 Å². The molecule has 0 heterocycles. The Balaban J connectivity index is 3.50. The van der Waals surface area contributed by atoms with Gasteiger partial charge in [-0.3, -0.25) is 9.59 Å². The second-order valence-electron chi connectivity index (χ2n) is 14.1. The molecule has 6 nitrogen and oxygen atoms in total. The Morgan fingerprint density at radius 3 is 0.717 bits per heavy atom. The van der Waals surface area contributed by atoms with Crippen molar-refractivity contribution in [3.63, 3.8) is 0 Å². The van der Waals surface area contributed by atoms with Gasteiger partial charge in [-0.1, -0.05) is 206 Å². The molecule has 0 aromatic heterocycles. The number of carbonyl (C=O) groups excluding carboxylic acids is 2. The van der Waals surface area contributed by atoms with E-state index in [0.717, 1.165) is 38.5 Å². The predicted molar refractivity (Wildman–Crippen MR) is 197 cm³/mol. The van der Waals surface area contributed by atoms with E-state index in [1.54, 1.807) is 0 Å². The maximum Gasteiger partial charge on any atom is 0.252 e. The van der Waals surface area contributed by atoms with E-state index < -0.39 is 24.0 Å². The van der Waals surface area contributed by atoms with Crippen LogP contribution >= 0.6 is 0 Å². The fraction of sp³-hybridized carbons (Fsp3) is 0.950. The Labute approximate surface area is 286 Å². The molecular weight excluding hydrogens is 572 g/mol. The van der Waals surface area contributed by atoms with Gasteiger partial charge in [-0.2, -0.15) is 0 Å². The summed E-state index contributed by atoms with van der Waals surface area (Å²) in [6.45, 7) is 5.46. The van der Waals surface area contributed by atoms with E-state index in [4.69, 9.17) is 0 Å². The smallest absolute Gasteiger partial charge is 0.252 e. The zero-order valence-corrected chi connectivity index (χ0v) is 30.9. The fourth-order valence-corrected chi connectivity index (χ4v) is 6.27. The average Bonchev–Trinajstić information content (AvgIpc) is 3.06. The van der Waals surface area contributed by atoms with Gasteiger partial charge in [0.2, 0.25) is 0 Å². The number of unbranched alkanes of at least 4 members (excludes halogenated alkanes) is 30. The fourth-order valence-electron chi connectivity index (χ4n) is 6.27. The molecule has 274 valence electrons. The van der Waals surface area contributed by atoms with Crippen molar-refractivity contribution in [1.29, 1.82) is 0 Å². The van der Waals surface area contributed by atoms with Crippen molar-refractivity contribution in [3.05, 3.63) is 0 Å². The Kier molecular flexibility index (Phi) is 35.8. The highest BCUT2D eigenvalue weighted by atomic mass is 16.3. The van der Waals surface area contributed by atoms with Crippen LogP contribution in [0.1, 0.15) is 219 Å². The number of aliphatic hydroxyl groups excluding tert-OH is 2. The lowest BCUT2D eigenvalue weighted by atomic mass is 10.0. The Morgan fingerprint density at radius 1 is 0.348 bits per heavy atom. The molecule has 0 fully saturated rings. The normalized spacial score (nSPS) is 12.7. The van der Waals surface area contributed by atoms with Gasteiger partial charge in [0, 0.05) is 13.1 Å². The number of amides is 2. The lowest BCUT2D eigenvalue weighted by molar-refractivity contribution is -0.146. The molecule has 0 saturated carbocycles. The van der Waals surface area contributed by atoms with Crippen LogP contribution in [0.4, 0.5) is 0 Å². The number of nitrogens with one attached hydrogen (secondary N) is 2. The number of hydrogen-bond donors (Lipinski definition) is 4. The highest BCUT2D eigenvalue weighted by Gasteiger charge is 2.29. The molecule has 0 spiro atoms. The molecule has 2 atom stereocenters. The first-order chi connectivity index (χ1) is 22.5. The third-order valence-electron chi connectivity index (χ3n) is 9.50. The van der Waals surface area contributed by atoms with E-state index in [-0.39, 0.29) is 0 Å². The first kappa shape index (κ1) is 44.9. The molecule has 0 radical (unpaired) electrons. The molecule has 0 unspecified atom stereocenters. The van der Waals surface area contributed by atoms with Crippen molar-refractivity contribution in [1.82, 2.24) is 10.6 Å². The van der Waals surface area contributed by atoms with Gasteiger partial charge in [-0.25, -0.2) is 0 Å². The quantitative estimate of drug-likeness (QED) is 0.0502. The third kappa shape index (κ3) is 31.5. The van der Waals surface area contributed by atoms with Crippen LogP contribution in [0.15, 0.2) is 0 Å². The maximum atomic E-state index is 12.2. The van der Waals surface area contributed by atoms with Crippen molar-refractivity contribution in [2.24, 2.45) is 0 Å². The van der Waals surface area contributed by atoms with Gasteiger partial charge in [-0.15, -0.1) is 0 Å². The van der Waals surface area contributed by atoms with Crippen LogP contribution < -0.4 is 10.6 Å². The topological polar surface area (TPSA) is 98.7 Å². The number of carbonyl (C=O) groups is 2. The highest BCUT2D eigenvalue weighted by Crippen LogP contribution is 2.15. The van der Waals surface area contributed by atoms with E-state index in [2.05, 4.69) is 24.5 Å². The molecule has 6 heteroatoms. The molecule has 0 rings (SSSR count). The predicted octanol–water partition coefficient (Wildman–Crippen LogP) is 10.5. The number of rotatable bonds is 37. The SMILES string of the molecule is CCCCCCCCCCCCCCCCCCNC(=O)[C@H](O)[C@@H](O)C(=O)NCCCCCCCCCCCCCCCCCC. The van der Waals surface area contributed by atoms with Crippen molar-refractivity contribution in [3.8, 4) is 0 Å². The van der Waals surface area contributed by atoms with Crippen molar-refractivity contribution >= 4 is 11.8 Å². The molecule has 46 heavy (non-hydrogen) atoms. The zero-order chi connectivity index (χ0) is 33.8. The summed E-state index contributed by atoms with van der Waals surface area (Å²) in [4.78, 5) is 24.4. The molecule has 0 aliphatic heterocycles. The van der Waals surface area contributed by atoms with Gasteiger partial charge < -0.3 is 20.8 Å². The summed E-state index contributed by atoms with van der Waals surface area (Å²) in [5.41, 5.74) is 0. The van der Waals surface area contributed by atoms with E-state index >= 15 is 0 Å².